The maximum atomic E-state index is 13.8. The lowest BCUT2D eigenvalue weighted by Gasteiger charge is -2.62. The molecule has 0 aromatic carbocycles. The number of hydrogen-bond acceptors (Lipinski definition) is 3. The van der Waals surface area contributed by atoms with Crippen LogP contribution in [-0.2, 0) is 4.79 Å². The van der Waals surface area contributed by atoms with E-state index in [4.69, 9.17) is 0 Å². The summed E-state index contributed by atoms with van der Waals surface area (Å²) in [6, 6.07) is 2.40. The van der Waals surface area contributed by atoms with E-state index in [0.29, 0.717) is 41.8 Å². The summed E-state index contributed by atoms with van der Waals surface area (Å²) in [5.41, 5.74) is 0.443. The van der Waals surface area contributed by atoms with Gasteiger partial charge < -0.3 is 5.11 Å². The molecule has 4 saturated carbocycles. The van der Waals surface area contributed by atoms with Gasteiger partial charge in [0, 0.05) is 18.3 Å². The Morgan fingerprint density at radius 2 is 1.79 bits per heavy atom. The minimum absolute atomic E-state index is 0.138. The number of carbonyl (C=O) groups excluding carboxylic acids is 1. The quantitative estimate of drug-likeness (QED) is 0.710. The molecular formula is C25H39NO2. The van der Waals surface area contributed by atoms with Crippen LogP contribution in [0.25, 0.3) is 0 Å². The second-order valence-corrected chi connectivity index (χ2v) is 11.3. The van der Waals surface area contributed by atoms with Gasteiger partial charge in [-0.3, -0.25) is 4.79 Å². The van der Waals surface area contributed by atoms with Gasteiger partial charge in [-0.05, 0) is 91.8 Å². The lowest BCUT2D eigenvalue weighted by atomic mass is 9.42. The van der Waals surface area contributed by atoms with E-state index in [2.05, 4.69) is 33.8 Å². The summed E-state index contributed by atoms with van der Waals surface area (Å²) in [6.07, 6.45) is 8.91. The molecule has 0 bridgehead atoms. The van der Waals surface area contributed by atoms with Crippen molar-refractivity contribution in [2.24, 2.45) is 52.3 Å². The van der Waals surface area contributed by atoms with E-state index in [1.54, 1.807) is 0 Å². The topological polar surface area (TPSA) is 61.1 Å². The number of carbonyl (C=O) groups is 1. The largest absolute Gasteiger partial charge is 0.393 e. The summed E-state index contributed by atoms with van der Waals surface area (Å²) in [5.74, 6) is 3.29. The number of hydrogen-bond donors (Lipinski definition) is 1. The third kappa shape index (κ3) is 2.73. The van der Waals surface area contributed by atoms with E-state index in [-0.39, 0.29) is 28.8 Å². The van der Waals surface area contributed by atoms with Gasteiger partial charge in [-0.25, -0.2) is 0 Å². The molecule has 0 aliphatic heterocycles. The molecule has 156 valence electrons. The minimum Gasteiger partial charge on any atom is -0.393 e. The average molecular weight is 386 g/mol. The smallest absolute Gasteiger partial charge is 0.139 e. The summed E-state index contributed by atoms with van der Waals surface area (Å²) in [6.45, 7) is 9.35. The van der Waals surface area contributed by atoms with Crippen molar-refractivity contribution in [2.75, 3.05) is 0 Å². The number of aliphatic hydroxyl groups excluding tert-OH is 1. The molecule has 0 spiro atoms. The number of Topliss-reactive ketones (excluding diaryl/α,β-unsaturated/α-hetero) is 1. The minimum atomic E-state index is -0.215. The van der Waals surface area contributed by atoms with Crippen molar-refractivity contribution < 1.29 is 9.90 Å². The molecule has 28 heavy (non-hydrogen) atoms. The van der Waals surface area contributed by atoms with E-state index < -0.39 is 0 Å². The SMILES string of the molecule is CC[C@H]1C(=O)[C@H]2[C@@H]3CC[C@H]([C@H](C)CC#N)[C@@]3(C)CC[C@@H]2[C@@]2(C)CC[C@@H](O)CC12. The van der Waals surface area contributed by atoms with Gasteiger partial charge in [0.25, 0.3) is 0 Å². The molecule has 0 amide bonds. The van der Waals surface area contributed by atoms with Crippen LogP contribution in [0.4, 0.5) is 0 Å². The maximum absolute atomic E-state index is 13.8. The highest BCUT2D eigenvalue weighted by Crippen LogP contribution is 2.68. The predicted octanol–water partition coefficient (Wildman–Crippen LogP) is 5.37. The van der Waals surface area contributed by atoms with Crippen LogP contribution in [0.5, 0.6) is 0 Å². The second kappa shape index (κ2) is 7.12. The number of ketones is 1. The molecule has 10 atom stereocenters. The fraction of sp³-hybridized carbons (Fsp3) is 0.920. The summed E-state index contributed by atoms with van der Waals surface area (Å²) in [5, 5.41) is 19.6. The Bertz CT molecular complexity index is 668. The van der Waals surface area contributed by atoms with Crippen LogP contribution < -0.4 is 0 Å². The Balaban J connectivity index is 1.69. The predicted molar refractivity (Wildman–Crippen MR) is 110 cm³/mol. The van der Waals surface area contributed by atoms with Crippen molar-refractivity contribution in [3.8, 4) is 6.07 Å². The molecule has 4 fully saturated rings. The molecule has 0 radical (unpaired) electrons. The summed E-state index contributed by atoms with van der Waals surface area (Å²) >= 11 is 0. The Hall–Kier alpha value is -0.880. The first-order valence-corrected chi connectivity index (χ1v) is 11.9. The van der Waals surface area contributed by atoms with Crippen LogP contribution >= 0.6 is 0 Å². The van der Waals surface area contributed by atoms with E-state index in [0.717, 1.165) is 25.7 Å². The maximum Gasteiger partial charge on any atom is 0.139 e. The van der Waals surface area contributed by atoms with Gasteiger partial charge in [-0.1, -0.05) is 27.7 Å². The van der Waals surface area contributed by atoms with Crippen molar-refractivity contribution in [3.05, 3.63) is 0 Å². The Morgan fingerprint density at radius 1 is 1.11 bits per heavy atom. The molecular weight excluding hydrogens is 346 g/mol. The first-order valence-electron chi connectivity index (χ1n) is 11.9. The fourth-order valence-electron chi connectivity index (χ4n) is 8.90. The van der Waals surface area contributed by atoms with E-state index in [1.165, 1.54) is 25.7 Å². The van der Waals surface area contributed by atoms with Crippen LogP contribution in [0.15, 0.2) is 0 Å². The molecule has 3 nitrogen and oxygen atoms in total. The first-order chi connectivity index (χ1) is 13.3. The van der Waals surface area contributed by atoms with E-state index in [9.17, 15) is 15.2 Å². The number of fused-ring (bicyclic) bond motifs is 5. The average Bonchev–Trinajstić information content (AvgIpc) is 3.01. The number of aliphatic hydroxyl groups is 1. The number of rotatable bonds is 3. The fourth-order valence-corrected chi connectivity index (χ4v) is 8.90. The van der Waals surface area contributed by atoms with Gasteiger partial charge in [-0.15, -0.1) is 0 Å². The van der Waals surface area contributed by atoms with Gasteiger partial charge in [-0.2, -0.15) is 5.26 Å². The molecule has 1 N–H and O–H groups in total. The summed E-state index contributed by atoms with van der Waals surface area (Å²) in [7, 11) is 0. The molecule has 1 unspecified atom stereocenters. The van der Waals surface area contributed by atoms with Crippen molar-refractivity contribution >= 4 is 5.78 Å². The lowest BCUT2D eigenvalue weighted by Crippen LogP contribution is -2.60. The molecule has 0 aromatic heterocycles. The van der Waals surface area contributed by atoms with Crippen LogP contribution in [0.3, 0.4) is 0 Å². The Morgan fingerprint density at radius 3 is 2.46 bits per heavy atom. The van der Waals surface area contributed by atoms with E-state index in [1.807, 2.05) is 0 Å². The van der Waals surface area contributed by atoms with Gasteiger partial charge in [0.1, 0.15) is 5.78 Å². The monoisotopic (exact) mass is 385 g/mol. The molecule has 0 heterocycles. The summed E-state index contributed by atoms with van der Waals surface area (Å²) in [4.78, 5) is 13.8. The van der Waals surface area contributed by atoms with Crippen LogP contribution in [-0.4, -0.2) is 17.0 Å². The van der Waals surface area contributed by atoms with Crippen molar-refractivity contribution in [1.29, 1.82) is 5.26 Å². The Kier molecular flexibility index (Phi) is 5.18. The standard InChI is InChI=1S/C25H39NO2/c1-5-17-21-14-16(27)8-11-25(21,4)20-9-12-24(3)18(15(2)10-13-26)6-7-19(24)22(20)23(17)28/h15-22,27H,5-12,14H2,1-4H3/t15-,16-,17-,18-,19+,20+,21?,22+,24-,25-/m1/s1. The van der Waals surface area contributed by atoms with Gasteiger partial charge in [0.15, 0.2) is 0 Å². The molecule has 3 heteroatoms. The highest BCUT2D eigenvalue weighted by Gasteiger charge is 2.64. The van der Waals surface area contributed by atoms with Gasteiger partial charge >= 0.3 is 0 Å². The zero-order chi connectivity index (χ0) is 20.3. The molecule has 4 aliphatic rings. The zero-order valence-corrected chi connectivity index (χ0v) is 18.3. The molecule has 0 aromatic rings. The third-order valence-electron chi connectivity index (χ3n) is 10.3. The first kappa shape index (κ1) is 20.4. The van der Waals surface area contributed by atoms with Crippen molar-refractivity contribution in [1.82, 2.24) is 0 Å². The van der Waals surface area contributed by atoms with Crippen molar-refractivity contribution in [2.45, 2.75) is 91.6 Å². The molecule has 0 saturated heterocycles. The zero-order valence-electron chi connectivity index (χ0n) is 18.3. The van der Waals surface area contributed by atoms with Gasteiger partial charge in [0.05, 0.1) is 12.2 Å². The Labute approximate surface area is 171 Å². The number of nitriles is 1. The van der Waals surface area contributed by atoms with Gasteiger partial charge in [0.2, 0.25) is 0 Å². The van der Waals surface area contributed by atoms with E-state index >= 15 is 0 Å². The second-order valence-electron chi connectivity index (χ2n) is 11.3. The van der Waals surface area contributed by atoms with Crippen LogP contribution in [0, 0.1) is 63.6 Å². The highest BCUT2D eigenvalue weighted by molar-refractivity contribution is 5.86. The lowest BCUT2D eigenvalue weighted by molar-refractivity contribution is -0.173. The number of nitrogens with zero attached hydrogens (tertiary/aromatic N) is 1. The third-order valence-corrected chi connectivity index (χ3v) is 10.3. The van der Waals surface area contributed by atoms with Crippen molar-refractivity contribution in [3.63, 3.8) is 0 Å². The molecule has 4 rings (SSSR count). The summed E-state index contributed by atoms with van der Waals surface area (Å²) < 4.78 is 0. The van der Waals surface area contributed by atoms with Crippen LogP contribution in [0.2, 0.25) is 0 Å². The van der Waals surface area contributed by atoms with Crippen LogP contribution in [0.1, 0.15) is 85.5 Å². The highest BCUT2D eigenvalue weighted by atomic mass is 16.3. The molecule has 4 aliphatic carbocycles. The normalized spacial score (nSPS) is 51.6.